The van der Waals surface area contributed by atoms with E-state index in [1.165, 1.54) is 0 Å². The van der Waals surface area contributed by atoms with Crippen LogP contribution < -0.4 is 5.32 Å². The number of anilines is 1. The first-order chi connectivity index (χ1) is 12.7. The SMILES string of the molecule is CCC(=O)CCC(C)C(C)=O.CCc1cc(NC)ccc1C(=O)C(C)CC. The molecule has 0 saturated heterocycles. The topological polar surface area (TPSA) is 63.2 Å². The fourth-order valence-electron chi connectivity index (χ4n) is 2.49. The Morgan fingerprint density at radius 2 is 1.67 bits per heavy atom. The predicted octanol–water partition coefficient (Wildman–Crippen LogP) is 5.49. The molecule has 0 aliphatic heterocycles. The summed E-state index contributed by atoms with van der Waals surface area (Å²) in [6.07, 6.45) is 3.65. The van der Waals surface area contributed by atoms with Gasteiger partial charge in [0.25, 0.3) is 0 Å². The van der Waals surface area contributed by atoms with Crippen LogP contribution in [-0.2, 0) is 16.0 Å². The third kappa shape index (κ3) is 8.98. The quantitative estimate of drug-likeness (QED) is 0.549. The number of ketones is 3. The Balaban J connectivity index is 0.000000541. The van der Waals surface area contributed by atoms with Gasteiger partial charge in [-0.25, -0.2) is 0 Å². The second-order valence-electron chi connectivity index (χ2n) is 7.09. The van der Waals surface area contributed by atoms with Crippen molar-refractivity contribution in [2.24, 2.45) is 11.8 Å². The van der Waals surface area contributed by atoms with Gasteiger partial charge in [0, 0.05) is 43.0 Å². The molecule has 1 aromatic rings. The molecule has 0 spiro atoms. The highest BCUT2D eigenvalue weighted by Crippen LogP contribution is 2.20. The highest BCUT2D eigenvalue weighted by atomic mass is 16.1. The summed E-state index contributed by atoms with van der Waals surface area (Å²) in [5, 5.41) is 3.10. The fraction of sp³-hybridized carbons (Fsp3) is 0.609. The molecule has 152 valence electrons. The van der Waals surface area contributed by atoms with Gasteiger partial charge in [-0.05, 0) is 49.9 Å². The van der Waals surface area contributed by atoms with Gasteiger partial charge in [0.2, 0.25) is 0 Å². The van der Waals surface area contributed by atoms with Crippen LogP contribution in [0.15, 0.2) is 18.2 Å². The molecule has 0 bridgehead atoms. The highest BCUT2D eigenvalue weighted by Gasteiger charge is 2.16. The van der Waals surface area contributed by atoms with Gasteiger partial charge in [-0.1, -0.05) is 34.6 Å². The van der Waals surface area contributed by atoms with Crippen molar-refractivity contribution in [3.8, 4) is 0 Å². The molecule has 1 rings (SSSR count). The molecule has 2 unspecified atom stereocenters. The van der Waals surface area contributed by atoms with E-state index in [1.54, 1.807) is 6.92 Å². The lowest BCUT2D eigenvalue weighted by atomic mass is 9.92. The smallest absolute Gasteiger partial charge is 0.165 e. The molecule has 2 atom stereocenters. The summed E-state index contributed by atoms with van der Waals surface area (Å²) in [6.45, 7) is 11.4. The molecule has 1 aromatic carbocycles. The lowest BCUT2D eigenvalue weighted by molar-refractivity contribution is -0.121. The van der Waals surface area contributed by atoms with Gasteiger partial charge in [0.05, 0.1) is 0 Å². The van der Waals surface area contributed by atoms with Crippen molar-refractivity contribution < 1.29 is 14.4 Å². The minimum absolute atomic E-state index is 0.0468. The van der Waals surface area contributed by atoms with Crippen LogP contribution in [0.25, 0.3) is 0 Å². The first-order valence-electron chi connectivity index (χ1n) is 10.1. The number of hydrogen-bond acceptors (Lipinski definition) is 4. The molecule has 0 fully saturated rings. The van der Waals surface area contributed by atoms with Gasteiger partial charge in [0.15, 0.2) is 5.78 Å². The van der Waals surface area contributed by atoms with Crippen LogP contribution >= 0.6 is 0 Å². The van der Waals surface area contributed by atoms with Crippen LogP contribution in [0, 0.1) is 11.8 Å². The second kappa shape index (κ2) is 13.2. The molecule has 0 heterocycles. The third-order valence-corrected chi connectivity index (χ3v) is 5.04. The van der Waals surface area contributed by atoms with E-state index in [2.05, 4.69) is 25.2 Å². The second-order valence-corrected chi connectivity index (χ2v) is 7.09. The van der Waals surface area contributed by atoms with Crippen LogP contribution in [-0.4, -0.2) is 24.4 Å². The zero-order valence-electron chi connectivity index (χ0n) is 18.1. The third-order valence-electron chi connectivity index (χ3n) is 5.04. The minimum Gasteiger partial charge on any atom is -0.388 e. The van der Waals surface area contributed by atoms with Crippen LogP contribution in [0.3, 0.4) is 0 Å². The Morgan fingerprint density at radius 3 is 2.11 bits per heavy atom. The van der Waals surface area contributed by atoms with E-state index in [1.807, 2.05) is 40.0 Å². The van der Waals surface area contributed by atoms with E-state index in [-0.39, 0.29) is 29.2 Å². The van der Waals surface area contributed by atoms with Gasteiger partial charge >= 0.3 is 0 Å². The fourth-order valence-corrected chi connectivity index (χ4v) is 2.49. The summed E-state index contributed by atoms with van der Waals surface area (Å²) in [5.41, 5.74) is 3.09. The summed E-state index contributed by atoms with van der Waals surface area (Å²) < 4.78 is 0. The molecule has 0 aliphatic carbocycles. The largest absolute Gasteiger partial charge is 0.388 e. The summed E-state index contributed by atoms with van der Waals surface area (Å²) in [4.78, 5) is 33.7. The molecular weight excluding hydrogens is 338 g/mol. The van der Waals surface area contributed by atoms with E-state index in [0.717, 1.165) is 29.7 Å². The maximum atomic E-state index is 12.1. The lowest BCUT2D eigenvalue weighted by Gasteiger charge is -2.12. The average Bonchev–Trinajstić information content (AvgIpc) is 2.70. The zero-order valence-corrected chi connectivity index (χ0v) is 18.1. The number of nitrogens with one attached hydrogen (secondary N) is 1. The maximum absolute atomic E-state index is 12.1. The average molecular weight is 376 g/mol. The summed E-state index contributed by atoms with van der Waals surface area (Å²) in [6, 6.07) is 5.98. The molecule has 4 nitrogen and oxygen atoms in total. The lowest BCUT2D eigenvalue weighted by Crippen LogP contribution is -2.12. The Hall–Kier alpha value is -1.97. The van der Waals surface area contributed by atoms with Gasteiger partial charge in [-0.15, -0.1) is 0 Å². The van der Waals surface area contributed by atoms with E-state index < -0.39 is 0 Å². The Labute approximate surface area is 165 Å². The number of aryl methyl sites for hydroxylation is 1. The van der Waals surface area contributed by atoms with Crippen molar-refractivity contribution in [2.75, 3.05) is 12.4 Å². The Bertz CT molecular complexity index is 622. The van der Waals surface area contributed by atoms with E-state index >= 15 is 0 Å². The molecule has 0 aromatic heterocycles. The van der Waals surface area contributed by atoms with E-state index in [0.29, 0.717) is 19.3 Å². The number of carbonyl (C=O) groups is 3. The van der Waals surface area contributed by atoms with Crippen LogP contribution in [0.4, 0.5) is 5.69 Å². The standard InChI is InChI=1S/C14H21NO.C9H16O2/c1-5-10(3)14(16)13-8-7-12(15-4)9-11(13)6-2;1-4-9(11)6-5-7(2)8(3)10/h7-10,15H,5-6H2,1-4H3;7H,4-6H2,1-3H3. The number of carbonyl (C=O) groups excluding carboxylic acids is 3. The summed E-state index contributed by atoms with van der Waals surface area (Å²) in [5.74, 6) is 0.852. The molecule has 27 heavy (non-hydrogen) atoms. The van der Waals surface area contributed by atoms with Crippen molar-refractivity contribution >= 4 is 23.0 Å². The van der Waals surface area contributed by atoms with Crippen molar-refractivity contribution in [1.82, 2.24) is 0 Å². The molecule has 0 amide bonds. The molecule has 1 N–H and O–H groups in total. The van der Waals surface area contributed by atoms with Crippen molar-refractivity contribution in [2.45, 2.75) is 73.6 Å². The number of Topliss-reactive ketones (excluding diaryl/α,β-unsaturated/α-hetero) is 3. The number of benzene rings is 1. The maximum Gasteiger partial charge on any atom is 0.165 e. The van der Waals surface area contributed by atoms with E-state index in [9.17, 15) is 14.4 Å². The number of rotatable bonds is 10. The highest BCUT2D eigenvalue weighted by molar-refractivity contribution is 5.99. The van der Waals surface area contributed by atoms with E-state index in [4.69, 9.17) is 0 Å². The molecule has 0 radical (unpaired) electrons. The molecular formula is C23H37NO3. The van der Waals surface area contributed by atoms with Crippen LogP contribution in [0.1, 0.15) is 83.1 Å². The van der Waals surface area contributed by atoms with Crippen molar-refractivity contribution in [3.05, 3.63) is 29.3 Å². The molecule has 4 heteroatoms. The first kappa shape index (κ1) is 25.0. The zero-order chi connectivity index (χ0) is 21.0. The normalized spacial score (nSPS) is 12.4. The van der Waals surface area contributed by atoms with Crippen LogP contribution in [0.2, 0.25) is 0 Å². The monoisotopic (exact) mass is 375 g/mol. The Kier molecular flexibility index (Phi) is 12.3. The summed E-state index contributed by atoms with van der Waals surface area (Å²) >= 11 is 0. The van der Waals surface area contributed by atoms with Crippen molar-refractivity contribution in [1.29, 1.82) is 0 Å². The van der Waals surface area contributed by atoms with Gasteiger partial charge in [-0.3, -0.25) is 14.4 Å². The van der Waals surface area contributed by atoms with Gasteiger partial charge < -0.3 is 5.32 Å². The van der Waals surface area contributed by atoms with Gasteiger partial charge in [-0.2, -0.15) is 0 Å². The first-order valence-corrected chi connectivity index (χ1v) is 10.1. The molecule has 0 aliphatic rings. The molecule has 0 saturated carbocycles. The summed E-state index contributed by atoms with van der Waals surface area (Å²) in [7, 11) is 1.89. The van der Waals surface area contributed by atoms with Gasteiger partial charge in [0.1, 0.15) is 11.6 Å². The number of hydrogen-bond donors (Lipinski definition) is 1. The minimum atomic E-state index is 0.0468. The van der Waals surface area contributed by atoms with Crippen LogP contribution in [0.5, 0.6) is 0 Å². The predicted molar refractivity (Wildman–Crippen MR) is 114 cm³/mol. The van der Waals surface area contributed by atoms with Crippen molar-refractivity contribution in [3.63, 3.8) is 0 Å². The Morgan fingerprint density at radius 1 is 1.04 bits per heavy atom.